The normalized spacial score (nSPS) is 25.9. The van der Waals surface area contributed by atoms with Crippen molar-refractivity contribution in [1.82, 2.24) is 10.2 Å². The van der Waals surface area contributed by atoms with Gasteiger partial charge in [-0.25, -0.2) is 4.79 Å². The van der Waals surface area contributed by atoms with Crippen molar-refractivity contribution in [2.24, 2.45) is 5.41 Å². The molecule has 1 saturated carbocycles. The summed E-state index contributed by atoms with van der Waals surface area (Å²) in [6, 6.07) is -0.229. The van der Waals surface area contributed by atoms with Gasteiger partial charge in [0.15, 0.2) is 0 Å². The molecule has 1 heterocycles. The fourth-order valence-electron chi connectivity index (χ4n) is 1.44. The predicted octanol–water partition coefficient (Wildman–Crippen LogP) is 0.338. The highest BCUT2D eigenvalue weighted by molar-refractivity contribution is 6.01. The van der Waals surface area contributed by atoms with Gasteiger partial charge in [0, 0.05) is 6.54 Å². The van der Waals surface area contributed by atoms with Crippen LogP contribution in [0, 0.1) is 5.41 Å². The van der Waals surface area contributed by atoms with Crippen LogP contribution in [0.1, 0.15) is 19.8 Å². The molecule has 0 aromatic rings. The van der Waals surface area contributed by atoms with Gasteiger partial charge in [0.05, 0.1) is 0 Å². The lowest BCUT2D eigenvalue weighted by atomic mass is 10.1. The number of nitrogens with zero attached hydrogens (tertiary/aromatic N) is 1. The Morgan fingerprint density at radius 1 is 1.50 bits per heavy atom. The van der Waals surface area contributed by atoms with Crippen molar-refractivity contribution in [3.8, 4) is 0 Å². The molecule has 4 heteroatoms. The van der Waals surface area contributed by atoms with Gasteiger partial charge in [-0.15, -0.1) is 0 Å². The first-order valence-electron chi connectivity index (χ1n) is 4.18. The summed E-state index contributed by atoms with van der Waals surface area (Å²) in [6.07, 6.45) is 2.34. The molecule has 1 aliphatic heterocycles. The number of nitrogens with one attached hydrogen (secondary N) is 1. The molecule has 2 aliphatic rings. The highest BCUT2D eigenvalue weighted by Gasteiger charge is 2.42. The average molecular weight is 168 g/mol. The lowest BCUT2D eigenvalue weighted by molar-refractivity contribution is -0.118. The minimum absolute atomic E-state index is 0.177. The van der Waals surface area contributed by atoms with E-state index in [1.165, 1.54) is 12.8 Å². The van der Waals surface area contributed by atoms with E-state index in [-0.39, 0.29) is 18.5 Å². The van der Waals surface area contributed by atoms with Crippen LogP contribution in [0.15, 0.2) is 0 Å². The number of carbonyl (C=O) groups excluding carboxylic acids is 2. The summed E-state index contributed by atoms with van der Waals surface area (Å²) in [6.45, 7) is 3.11. The van der Waals surface area contributed by atoms with Crippen molar-refractivity contribution < 1.29 is 9.59 Å². The predicted molar refractivity (Wildman–Crippen MR) is 42.5 cm³/mol. The zero-order valence-corrected chi connectivity index (χ0v) is 7.09. The lowest BCUT2D eigenvalue weighted by Gasteiger charge is -2.17. The number of carbonyl (C=O) groups is 2. The van der Waals surface area contributed by atoms with Crippen LogP contribution >= 0.6 is 0 Å². The molecule has 12 heavy (non-hydrogen) atoms. The molecule has 1 saturated heterocycles. The van der Waals surface area contributed by atoms with E-state index >= 15 is 0 Å². The number of hydrogen-bond acceptors (Lipinski definition) is 2. The highest BCUT2D eigenvalue weighted by atomic mass is 16.2. The zero-order valence-electron chi connectivity index (χ0n) is 7.09. The molecule has 0 unspecified atom stereocenters. The quantitative estimate of drug-likeness (QED) is 0.604. The first-order chi connectivity index (χ1) is 5.59. The molecule has 0 radical (unpaired) electrons. The third-order valence-corrected chi connectivity index (χ3v) is 2.54. The van der Waals surface area contributed by atoms with Gasteiger partial charge in [-0.2, -0.15) is 0 Å². The van der Waals surface area contributed by atoms with Gasteiger partial charge in [-0.3, -0.25) is 10.1 Å². The monoisotopic (exact) mass is 168 g/mol. The van der Waals surface area contributed by atoms with Gasteiger partial charge >= 0.3 is 6.03 Å². The van der Waals surface area contributed by atoms with Gasteiger partial charge in [0.1, 0.15) is 6.54 Å². The molecule has 0 bridgehead atoms. The third-order valence-electron chi connectivity index (χ3n) is 2.54. The largest absolute Gasteiger partial charge is 0.324 e. The molecule has 0 atom stereocenters. The molecule has 4 nitrogen and oxygen atoms in total. The van der Waals surface area contributed by atoms with Crippen molar-refractivity contribution in [1.29, 1.82) is 0 Å². The van der Waals surface area contributed by atoms with Crippen molar-refractivity contribution in [2.75, 3.05) is 13.1 Å². The second kappa shape index (κ2) is 2.21. The van der Waals surface area contributed by atoms with E-state index in [9.17, 15) is 9.59 Å². The Labute approximate surface area is 70.9 Å². The number of imide groups is 1. The van der Waals surface area contributed by atoms with E-state index in [0.29, 0.717) is 5.41 Å². The number of hydrogen-bond donors (Lipinski definition) is 1. The Hall–Kier alpha value is -1.06. The van der Waals surface area contributed by atoms with Gasteiger partial charge in [-0.05, 0) is 18.3 Å². The van der Waals surface area contributed by atoms with Crippen molar-refractivity contribution >= 4 is 11.9 Å². The van der Waals surface area contributed by atoms with Crippen LogP contribution in [0.2, 0.25) is 0 Å². The maximum atomic E-state index is 11.1. The Bertz CT molecular complexity index is 245. The molecule has 2 fully saturated rings. The summed E-state index contributed by atoms with van der Waals surface area (Å²) in [5, 5.41) is 2.27. The number of amides is 3. The number of urea groups is 1. The van der Waals surface area contributed by atoms with Gasteiger partial charge in [-0.1, -0.05) is 6.92 Å². The molecule has 0 aromatic heterocycles. The average Bonchev–Trinajstić information content (AvgIpc) is 2.58. The smallest absolute Gasteiger partial charge is 0.315 e. The van der Waals surface area contributed by atoms with Crippen LogP contribution in [0.3, 0.4) is 0 Å². The standard InChI is InChI=1S/C8H12N2O2/c1-8(2-3-8)5-10-4-6(11)9-7(10)12/h2-5H2,1H3,(H,9,11,12). The summed E-state index contributed by atoms with van der Waals surface area (Å²) in [7, 11) is 0. The lowest BCUT2D eigenvalue weighted by Crippen LogP contribution is -2.32. The molecule has 1 N–H and O–H groups in total. The van der Waals surface area contributed by atoms with E-state index in [1.807, 2.05) is 0 Å². The van der Waals surface area contributed by atoms with E-state index in [1.54, 1.807) is 4.90 Å². The number of rotatable bonds is 2. The van der Waals surface area contributed by atoms with E-state index in [2.05, 4.69) is 12.2 Å². The van der Waals surface area contributed by atoms with Crippen LogP contribution in [0.4, 0.5) is 4.79 Å². The summed E-state index contributed by atoms with van der Waals surface area (Å²) in [5.74, 6) is -0.177. The fourth-order valence-corrected chi connectivity index (χ4v) is 1.44. The third kappa shape index (κ3) is 1.29. The molecule has 0 spiro atoms. The molecular weight excluding hydrogens is 156 g/mol. The molecule has 2 rings (SSSR count). The Morgan fingerprint density at radius 3 is 2.58 bits per heavy atom. The van der Waals surface area contributed by atoms with Crippen LogP contribution in [0.5, 0.6) is 0 Å². The van der Waals surface area contributed by atoms with Crippen LogP contribution in [-0.2, 0) is 4.79 Å². The summed E-state index contributed by atoms with van der Waals surface area (Å²) < 4.78 is 0. The van der Waals surface area contributed by atoms with Crippen LogP contribution in [-0.4, -0.2) is 29.9 Å². The van der Waals surface area contributed by atoms with Crippen LogP contribution < -0.4 is 5.32 Å². The van der Waals surface area contributed by atoms with Gasteiger partial charge in [0.2, 0.25) is 5.91 Å². The summed E-state index contributed by atoms with van der Waals surface area (Å²) in [5.41, 5.74) is 0.294. The topological polar surface area (TPSA) is 49.4 Å². The summed E-state index contributed by atoms with van der Waals surface area (Å²) >= 11 is 0. The maximum Gasteiger partial charge on any atom is 0.324 e. The van der Waals surface area contributed by atoms with Crippen LogP contribution in [0.25, 0.3) is 0 Å². The van der Waals surface area contributed by atoms with E-state index < -0.39 is 0 Å². The minimum atomic E-state index is -0.229. The summed E-state index contributed by atoms with van der Waals surface area (Å²) in [4.78, 5) is 23.5. The van der Waals surface area contributed by atoms with Gasteiger partial charge in [0.25, 0.3) is 0 Å². The van der Waals surface area contributed by atoms with E-state index in [0.717, 1.165) is 6.54 Å². The zero-order chi connectivity index (χ0) is 8.77. The van der Waals surface area contributed by atoms with Gasteiger partial charge < -0.3 is 4.90 Å². The minimum Gasteiger partial charge on any atom is -0.315 e. The highest BCUT2D eigenvalue weighted by Crippen LogP contribution is 2.45. The first-order valence-corrected chi connectivity index (χ1v) is 4.18. The fraction of sp³-hybridized carbons (Fsp3) is 0.750. The molecule has 3 amide bonds. The van der Waals surface area contributed by atoms with Crippen molar-refractivity contribution in [2.45, 2.75) is 19.8 Å². The second-order valence-electron chi connectivity index (χ2n) is 4.02. The Balaban J connectivity index is 1.96. The van der Waals surface area contributed by atoms with E-state index in [4.69, 9.17) is 0 Å². The molecule has 0 aromatic carbocycles. The Kier molecular flexibility index (Phi) is 1.40. The van der Waals surface area contributed by atoms with Crippen molar-refractivity contribution in [3.05, 3.63) is 0 Å². The molecule has 66 valence electrons. The first kappa shape index (κ1) is 7.58. The second-order valence-corrected chi connectivity index (χ2v) is 4.02. The van der Waals surface area contributed by atoms with Crippen molar-refractivity contribution in [3.63, 3.8) is 0 Å². The SMILES string of the molecule is CC1(CN2CC(=O)NC2=O)CC1. The maximum absolute atomic E-state index is 11.1. The molecule has 1 aliphatic carbocycles. The Morgan fingerprint density at radius 2 is 2.17 bits per heavy atom. The molecular formula is C8H12N2O2.